The van der Waals surface area contributed by atoms with E-state index in [-0.39, 0.29) is 5.41 Å². The molecule has 0 bridgehead atoms. The van der Waals surface area contributed by atoms with E-state index in [1.54, 1.807) is 0 Å². The predicted octanol–water partition coefficient (Wildman–Crippen LogP) is 20.6. The van der Waals surface area contributed by atoms with Crippen molar-refractivity contribution in [3.8, 4) is 77.9 Å². The van der Waals surface area contributed by atoms with E-state index in [1.807, 2.05) is 0 Å². The smallest absolute Gasteiger partial charge is 0.197 e. The molecule has 0 fully saturated rings. The number of benzene rings is 13. The van der Waals surface area contributed by atoms with Crippen LogP contribution in [0.1, 0.15) is 25.0 Å². The Morgan fingerprint density at radius 3 is 1.36 bits per heavy atom. The fourth-order valence-electron chi connectivity index (χ4n) is 13.0. The second kappa shape index (κ2) is 21.6. The Balaban J connectivity index is 0.970. The van der Waals surface area contributed by atoms with Gasteiger partial charge in [-0.25, -0.2) is 0 Å². The highest BCUT2D eigenvalue weighted by molar-refractivity contribution is 6.73. The van der Waals surface area contributed by atoms with Crippen molar-refractivity contribution in [1.29, 1.82) is 0 Å². The molecule has 0 atom stereocenters. The molecular formula is C81H59BN3. The van der Waals surface area contributed by atoms with Gasteiger partial charge in [-0.3, -0.25) is 0 Å². The van der Waals surface area contributed by atoms with E-state index in [9.17, 15) is 0 Å². The molecule has 1 N–H and O–H groups in total. The Morgan fingerprint density at radius 1 is 0.329 bits per heavy atom. The van der Waals surface area contributed by atoms with Gasteiger partial charge in [-0.1, -0.05) is 256 Å². The zero-order chi connectivity index (χ0) is 56.8. The number of hydrogen-bond donors (Lipinski definition) is 1. The number of rotatable bonds is 12. The van der Waals surface area contributed by atoms with Crippen LogP contribution in [0.3, 0.4) is 0 Å². The lowest BCUT2D eigenvalue weighted by atomic mass is 9.57. The van der Waals surface area contributed by atoms with Crippen LogP contribution in [0.25, 0.3) is 77.9 Å². The number of nitrogens with zero attached hydrogens (tertiary/aromatic N) is 2. The summed E-state index contributed by atoms with van der Waals surface area (Å²) in [4.78, 5) is 4.96. The maximum atomic E-state index is 4.03. The third-order valence-corrected chi connectivity index (χ3v) is 17.3. The molecule has 1 aliphatic carbocycles. The normalized spacial score (nSPS) is 12.5. The molecule has 0 aromatic heterocycles. The first-order valence-electron chi connectivity index (χ1n) is 29.4. The minimum Gasteiger partial charge on any atom is -0.355 e. The summed E-state index contributed by atoms with van der Waals surface area (Å²) in [5.74, 6) is 0. The average Bonchev–Trinajstić information content (AvgIpc) is 1.74. The maximum Gasteiger partial charge on any atom is 0.197 e. The summed E-state index contributed by atoms with van der Waals surface area (Å²) in [6.45, 7) is 4.82. The number of nitrogens with one attached hydrogen (secondary N) is 1. The minimum atomic E-state index is -0.335. The molecule has 3 nitrogen and oxygen atoms in total. The van der Waals surface area contributed by atoms with Gasteiger partial charge in [0.05, 0.1) is 0 Å². The maximum absolute atomic E-state index is 4.03. The Kier molecular flexibility index (Phi) is 13.0. The summed E-state index contributed by atoms with van der Waals surface area (Å²) in [5.41, 5.74) is 29.6. The third-order valence-electron chi connectivity index (χ3n) is 17.3. The first kappa shape index (κ1) is 51.2. The lowest BCUT2D eigenvalue weighted by Gasteiger charge is -2.38. The standard InChI is InChI=1S/C81H59BN3/c1-81(2)72-37-19-18-36-70(72)78-73(81)54-77-80(79(78)71-52-64(59-30-16-7-17-31-59)42-49-75(71)83-65-34-20-32-62(50-65)57-26-12-5-13-27-57)82-74-48-47-69(53-76(74)85(77)68-35-21-33-63(51-68)58-28-14-6-15-29-58)84(66-43-38-60(39-44-66)55-22-8-3-9-23-55)67-45-40-61(41-46-67)56-24-10-4-11-25-56/h3-54,83H,1-2H3. The summed E-state index contributed by atoms with van der Waals surface area (Å²) >= 11 is 0. The van der Waals surface area contributed by atoms with Gasteiger partial charge >= 0.3 is 0 Å². The molecule has 0 saturated heterocycles. The highest BCUT2D eigenvalue weighted by atomic mass is 15.2. The van der Waals surface area contributed by atoms with Gasteiger partial charge in [-0.05, 0) is 168 Å². The second-order valence-electron chi connectivity index (χ2n) is 22.8. The molecule has 0 amide bonds. The van der Waals surface area contributed by atoms with Crippen LogP contribution in [0.15, 0.2) is 315 Å². The highest BCUT2D eigenvalue weighted by Crippen LogP contribution is 2.56. The molecule has 2 aliphatic rings. The largest absolute Gasteiger partial charge is 0.355 e. The van der Waals surface area contributed by atoms with Crippen molar-refractivity contribution in [3.63, 3.8) is 0 Å². The van der Waals surface area contributed by atoms with Gasteiger partial charge in [0.25, 0.3) is 0 Å². The molecule has 15 rings (SSSR count). The molecule has 85 heavy (non-hydrogen) atoms. The molecule has 1 heterocycles. The van der Waals surface area contributed by atoms with Crippen molar-refractivity contribution in [3.05, 3.63) is 327 Å². The van der Waals surface area contributed by atoms with Crippen LogP contribution in [0.5, 0.6) is 0 Å². The second-order valence-corrected chi connectivity index (χ2v) is 22.8. The van der Waals surface area contributed by atoms with E-state index in [0.717, 1.165) is 78.7 Å². The van der Waals surface area contributed by atoms with E-state index >= 15 is 0 Å². The molecule has 0 spiro atoms. The summed E-state index contributed by atoms with van der Waals surface area (Å²) in [5, 5.41) is 4.03. The zero-order valence-electron chi connectivity index (χ0n) is 47.5. The SMILES string of the molecule is CC1(C)c2ccccc2-c2c1cc1c(c2-c2cc(-c3ccccc3)ccc2Nc2cccc(-c3ccccc3)c2)[B]c2ccc(N(c3ccc(-c4ccccc4)cc3)c3ccc(-c4ccccc4)cc3)cc2N1c1cccc(-c2ccccc2)c1. The lowest BCUT2D eigenvalue weighted by Crippen LogP contribution is -2.41. The lowest BCUT2D eigenvalue weighted by molar-refractivity contribution is 0.660. The zero-order valence-corrected chi connectivity index (χ0v) is 47.5. The summed E-state index contributed by atoms with van der Waals surface area (Å²) in [6.07, 6.45) is 0. The fraction of sp³-hybridized carbons (Fsp3) is 0.0370. The molecule has 0 unspecified atom stereocenters. The van der Waals surface area contributed by atoms with Crippen molar-refractivity contribution < 1.29 is 0 Å². The van der Waals surface area contributed by atoms with Gasteiger partial charge in [0, 0.05) is 56.5 Å². The molecule has 4 heteroatoms. The van der Waals surface area contributed by atoms with E-state index in [0.29, 0.717) is 0 Å². The van der Waals surface area contributed by atoms with Gasteiger partial charge in [0.2, 0.25) is 0 Å². The van der Waals surface area contributed by atoms with E-state index in [2.05, 4.69) is 352 Å². The van der Waals surface area contributed by atoms with Crippen LogP contribution in [-0.2, 0) is 5.41 Å². The summed E-state index contributed by atoms with van der Waals surface area (Å²) in [6, 6.07) is 115. The van der Waals surface area contributed by atoms with Crippen molar-refractivity contribution in [2.45, 2.75) is 19.3 Å². The molecule has 1 aliphatic heterocycles. The Hall–Kier alpha value is -10.7. The summed E-state index contributed by atoms with van der Waals surface area (Å²) < 4.78 is 0. The Bertz CT molecular complexity index is 4500. The highest BCUT2D eigenvalue weighted by Gasteiger charge is 2.41. The van der Waals surface area contributed by atoms with Gasteiger partial charge in [0.1, 0.15) is 0 Å². The van der Waals surface area contributed by atoms with Gasteiger partial charge in [0.15, 0.2) is 7.28 Å². The quantitative estimate of drug-likeness (QED) is 0.123. The number of anilines is 8. The molecule has 1 radical (unpaired) electrons. The molecule has 13 aromatic carbocycles. The molecule has 401 valence electrons. The monoisotopic (exact) mass is 1080 g/mol. The average molecular weight is 1090 g/mol. The topological polar surface area (TPSA) is 18.5 Å². The predicted molar refractivity (Wildman–Crippen MR) is 361 cm³/mol. The Labute approximate surface area is 499 Å². The molecular weight excluding hydrogens is 1030 g/mol. The number of hydrogen-bond acceptors (Lipinski definition) is 3. The minimum absolute atomic E-state index is 0.335. The van der Waals surface area contributed by atoms with Crippen LogP contribution in [0.2, 0.25) is 0 Å². The van der Waals surface area contributed by atoms with Crippen molar-refractivity contribution >= 4 is 63.7 Å². The first-order chi connectivity index (χ1) is 41.9. The first-order valence-corrected chi connectivity index (χ1v) is 29.4. The Morgan fingerprint density at radius 2 is 0.788 bits per heavy atom. The fourth-order valence-corrected chi connectivity index (χ4v) is 13.0. The van der Waals surface area contributed by atoms with Gasteiger partial charge < -0.3 is 15.1 Å². The van der Waals surface area contributed by atoms with Crippen molar-refractivity contribution in [1.82, 2.24) is 0 Å². The van der Waals surface area contributed by atoms with E-state index in [1.165, 1.54) is 66.8 Å². The molecule has 13 aromatic rings. The van der Waals surface area contributed by atoms with Crippen LogP contribution in [-0.4, -0.2) is 7.28 Å². The van der Waals surface area contributed by atoms with Crippen LogP contribution in [0.4, 0.5) is 45.5 Å². The van der Waals surface area contributed by atoms with E-state index in [4.69, 9.17) is 0 Å². The van der Waals surface area contributed by atoms with Crippen molar-refractivity contribution in [2.75, 3.05) is 15.1 Å². The van der Waals surface area contributed by atoms with Gasteiger partial charge in [-0.2, -0.15) is 0 Å². The number of fused-ring (bicyclic) bond motifs is 5. The van der Waals surface area contributed by atoms with E-state index < -0.39 is 0 Å². The third kappa shape index (κ3) is 9.48. The van der Waals surface area contributed by atoms with Crippen LogP contribution >= 0.6 is 0 Å². The van der Waals surface area contributed by atoms with Crippen molar-refractivity contribution in [2.24, 2.45) is 0 Å². The van der Waals surface area contributed by atoms with Crippen LogP contribution in [0, 0.1) is 0 Å². The summed E-state index contributed by atoms with van der Waals surface area (Å²) in [7, 11) is 2.47. The molecule has 0 saturated carbocycles. The van der Waals surface area contributed by atoms with Crippen LogP contribution < -0.4 is 26.0 Å². The van der Waals surface area contributed by atoms with Gasteiger partial charge in [-0.15, -0.1) is 0 Å².